The van der Waals surface area contributed by atoms with Gasteiger partial charge in [0, 0.05) is 13.6 Å². The van der Waals surface area contributed by atoms with Gasteiger partial charge in [-0.3, -0.25) is 0 Å². The van der Waals surface area contributed by atoms with Crippen LogP contribution >= 0.6 is 0 Å². The monoisotopic (exact) mass is 355 g/mol. The Hall–Kier alpha value is -1.99. The lowest BCUT2D eigenvalue weighted by Gasteiger charge is -2.17. The van der Waals surface area contributed by atoms with Crippen LogP contribution < -0.4 is 4.74 Å². The third kappa shape index (κ3) is 5.58. The number of rotatable bonds is 8. The number of benzene rings is 2. The fourth-order valence-corrected chi connectivity index (χ4v) is 3.29. The van der Waals surface area contributed by atoms with Crippen LogP contribution in [-0.4, -0.2) is 32.9 Å². The first-order valence-corrected chi connectivity index (χ1v) is 9.04. The molecule has 0 heterocycles. The fourth-order valence-electron chi connectivity index (χ4n) is 2.05. The standard InChI is InChI=1S/C17H19F2NO3S/c1-20(11-2-12-23-17-9-7-16(19)8-10-17)24(21,22)13-14-3-5-15(18)6-4-14/h3-10H,2,11-13H2,1H3. The van der Waals surface area contributed by atoms with E-state index < -0.39 is 15.8 Å². The molecule has 0 unspecified atom stereocenters. The van der Waals surface area contributed by atoms with Crippen LogP contribution in [0, 0.1) is 11.6 Å². The highest BCUT2D eigenvalue weighted by Gasteiger charge is 2.18. The maximum Gasteiger partial charge on any atom is 0.218 e. The topological polar surface area (TPSA) is 46.6 Å². The second kappa shape index (κ2) is 8.21. The predicted octanol–water partition coefficient (Wildman–Crippen LogP) is 3.20. The largest absolute Gasteiger partial charge is 0.494 e. The summed E-state index contributed by atoms with van der Waals surface area (Å²) in [5.74, 6) is -0.382. The summed E-state index contributed by atoms with van der Waals surface area (Å²) in [5, 5.41) is 0. The Morgan fingerprint density at radius 3 is 2.08 bits per heavy atom. The van der Waals surface area contributed by atoms with Crippen LogP contribution in [0.2, 0.25) is 0 Å². The Bertz CT molecular complexity index is 746. The number of hydrogen-bond acceptors (Lipinski definition) is 3. The quantitative estimate of drug-likeness (QED) is 0.683. The lowest BCUT2D eigenvalue weighted by molar-refractivity contribution is 0.296. The summed E-state index contributed by atoms with van der Waals surface area (Å²) in [7, 11) is -1.97. The van der Waals surface area contributed by atoms with Crippen molar-refractivity contribution in [3.8, 4) is 5.75 Å². The van der Waals surface area contributed by atoms with E-state index in [1.807, 2.05) is 0 Å². The zero-order valence-corrected chi connectivity index (χ0v) is 14.1. The summed E-state index contributed by atoms with van der Waals surface area (Å²) < 4.78 is 56.8. The van der Waals surface area contributed by atoms with Crippen molar-refractivity contribution in [3.05, 3.63) is 65.7 Å². The number of nitrogens with zero attached hydrogens (tertiary/aromatic N) is 1. The molecule has 2 aromatic carbocycles. The summed E-state index contributed by atoms with van der Waals surface area (Å²) in [6.45, 7) is 0.618. The van der Waals surface area contributed by atoms with Crippen molar-refractivity contribution >= 4 is 10.0 Å². The average molecular weight is 355 g/mol. The van der Waals surface area contributed by atoms with Crippen LogP contribution in [0.1, 0.15) is 12.0 Å². The Balaban J connectivity index is 1.79. The molecule has 0 aliphatic rings. The van der Waals surface area contributed by atoms with Crippen molar-refractivity contribution in [3.63, 3.8) is 0 Å². The van der Waals surface area contributed by atoms with Gasteiger partial charge in [0.2, 0.25) is 10.0 Å². The second-order valence-electron chi connectivity index (χ2n) is 5.36. The second-order valence-corrected chi connectivity index (χ2v) is 7.44. The zero-order chi connectivity index (χ0) is 17.6. The van der Waals surface area contributed by atoms with Gasteiger partial charge >= 0.3 is 0 Å². The lowest BCUT2D eigenvalue weighted by atomic mass is 10.2. The van der Waals surface area contributed by atoms with Crippen LogP contribution in [-0.2, 0) is 15.8 Å². The molecule has 2 rings (SSSR count). The highest BCUT2D eigenvalue weighted by Crippen LogP contribution is 2.13. The molecule has 2 aromatic rings. The molecule has 0 N–H and O–H groups in total. The van der Waals surface area contributed by atoms with E-state index in [2.05, 4.69) is 0 Å². The molecular weight excluding hydrogens is 336 g/mol. The van der Waals surface area contributed by atoms with Crippen molar-refractivity contribution in [1.82, 2.24) is 4.31 Å². The van der Waals surface area contributed by atoms with E-state index in [1.54, 1.807) is 0 Å². The summed E-state index contributed by atoms with van der Waals surface area (Å²) in [5.41, 5.74) is 0.533. The van der Waals surface area contributed by atoms with E-state index in [0.29, 0.717) is 30.9 Å². The lowest BCUT2D eigenvalue weighted by Crippen LogP contribution is -2.30. The first kappa shape index (κ1) is 18.4. The van der Waals surface area contributed by atoms with E-state index in [9.17, 15) is 17.2 Å². The van der Waals surface area contributed by atoms with Gasteiger partial charge in [0.15, 0.2) is 0 Å². The highest BCUT2D eigenvalue weighted by atomic mass is 32.2. The number of sulfonamides is 1. The number of hydrogen-bond donors (Lipinski definition) is 0. The van der Waals surface area contributed by atoms with Gasteiger partial charge in [0.1, 0.15) is 17.4 Å². The molecular formula is C17H19F2NO3S. The average Bonchev–Trinajstić information content (AvgIpc) is 2.55. The first-order chi connectivity index (χ1) is 11.4. The number of halogens is 2. The Morgan fingerprint density at radius 2 is 1.50 bits per heavy atom. The number of ether oxygens (including phenoxy) is 1. The van der Waals surface area contributed by atoms with E-state index in [0.717, 1.165) is 0 Å². The molecule has 0 aliphatic carbocycles. The molecule has 7 heteroatoms. The van der Waals surface area contributed by atoms with Gasteiger partial charge in [0.05, 0.1) is 12.4 Å². The van der Waals surface area contributed by atoms with Gasteiger partial charge in [-0.1, -0.05) is 12.1 Å². The third-order valence-electron chi connectivity index (χ3n) is 3.44. The van der Waals surface area contributed by atoms with Crippen molar-refractivity contribution in [2.45, 2.75) is 12.2 Å². The van der Waals surface area contributed by atoms with E-state index in [1.165, 1.54) is 59.9 Å². The van der Waals surface area contributed by atoms with Gasteiger partial charge in [-0.2, -0.15) is 0 Å². The minimum absolute atomic E-state index is 0.178. The van der Waals surface area contributed by atoms with Gasteiger partial charge in [-0.25, -0.2) is 21.5 Å². The molecule has 0 saturated carbocycles. The summed E-state index contributed by atoms with van der Waals surface area (Å²) in [6.07, 6.45) is 0.497. The fraction of sp³-hybridized carbons (Fsp3) is 0.294. The molecule has 130 valence electrons. The Morgan fingerprint density at radius 1 is 0.958 bits per heavy atom. The van der Waals surface area contributed by atoms with Crippen LogP contribution in [0.5, 0.6) is 5.75 Å². The summed E-state index contributed by atoms with van der Waals surface area (Å²) >= 11 is 0. The molecule has 0 atom stereocenters. The van der Waals surface area contributed by atoms with Crippen molar-refractivity contribution < 1.29 is 21.9 Å². The van der Waals surface area contributed by atoms with Gasteiger partial charge in [0.25, 0.3) is 0 Å². The maximum absolute atomic E-state index is 12.9. The minimum Gasteiger partial charge on any atom is -0.494 e. The Kier molecular flexibility index (Phi) is 6.28. The van der Waals surface area contributed by atoms with E-state index in [4.69, 9.17) is 4.74 Å². The van der Waals surface area contributed by atoms with Crippen molar-refractivity contribution in [2.75, 3.05) is 20.2 Å². The normalized spacial score (nSPS) is 11.7. The molecule has 24 heavy (non-hydrogen) atoms. The molecule has 0 bridgehead atoms. The van der Waals surface area contributed by atoms with Crippen molar-refractivity contribution in [1.29, 1.82) is 0 Å². The molecule has 4 nitrogen and oxygen atoms in total. The first-order valence-electron chi connectivity index (χ1n) is 7.44. The van der Waals surface area contributed by atoms with Crippen LogP contribution in [0.15, 0.2) is 48.5 Å². The van der Waals surface area contributed by atoms with E-state index in [-0.39, 0.29) is 11.6 Å². The molecule has 0 aromatic heterocycles. The van der Waals surface area contributed by atoms with Crippen LogP contribution in [0.3, 0.4) is 0 Å². The third-order valence-corrected chi connectivity index (χ3v) is 5.27. The van der Waals surface area contributed by atoms with Gasteiger partial charge in [-0.15, -0.1) is 0 Å². The Labute approximate surface area is 140 Å². The molecule has 0 amide bonds. The van der Waals surface area contributed by atoms with Crippen LogP contribution in [0.4, 0.5) is 8.78 Å². The SMILES string of the molecule is CN(CCCOc1ccc(F)cc1)S(=O)(=O)Cc1ccc(F)cc1. The molecule has 0 aliphatic heterocycles. The van der Waals surface area contributed by atoms with E-state index >= 15 is 0 Å². The molecule has 0 saturated heterocycles. The predicted molar refractivity (Wildman–Crippen MR) is 88.2 cm³/mol. The zero-order valence-electron chi connectivity index (χ0n) is 13.3. The minimum atomic E-state index is -3.47. The van der Waals surface area contributed by atoms with Crippen LogP contribution in [0.25, 0.3) is 0 Å². The van der Waals surface area contributed by atoms with Crippen molar-refractivity contribution in [2.24, 2.45) is 0 Å². The smallest absolute Gasteiger partial charge is 0.218 e. The summed E-state index contributed by atoms with van der Waals surface area (Å²) in [4.78, 5) is 0. The maximum atomic E-state index is 12.9. The molecule has 0 spiro atoms. The summed E-state index contributed by atoms with van der Waals surface area (Å²) in [6, 6.07) is 11.0. The highest BCUT2D eigenvalue weighted by molar-refractivity contribution is 7.88. The van der Waals surface area contributed by atoms with Gasteiger partial charge < -0.3 is 4.74 Å². The van der Waals surface area contributed by atoms with Gasteiger partial charge in [-0.05, 0) is 48.4 Å². The molecule has 0 fully saturated rings. The molecule has 0 radical (unpaired) electrons.